The van der Waals surface area contributed by atoms with Gasteiger partial charge in [0.05, 0.1) is 18.7 Å². The van der Waals surface area contributed by atoms with Crippen LogP contribution in [0.4, 0.5) is 13.2 Å². The summed E-state index contributed by atoms with van der Waals surface area (Å²) in [6.07, 6.45) is -2.65. The van der Waals surface area contributed by atoms with Gasteiger partial charge in [0.2, 0.25) is 0 Å². The van der Waals surface area contributed by atoms with Crippen LogP contribution in [0.1, 0.15) is 42.0 Å². The molecule has 0 radical (unpaired) electrons. The molecule has 29 heavy (non-hydrogen) atoms. The summed E-state index contributed by atoms with van der Waals surface area (Å²) in [5, 5.41) is 9.89. The zero-order chi connectivity index (χ0) is 21.2. The maximum Gasteiger partial charge on any atom is 0.416 e. The number of rotatable bonds is 5. The van der Waals surface area contributed by atoms with Crippen LogP contribution < -0.4 is 4.74 Å². The molecule has 1 heterocycles. The Hall–Kier alpha value is -2.25. The third-order valence-corrected chi connectivity index (χ3v) is 5.56. The molecule has 2 aromatic carbocycles. The van der Waals surface area contributed by atoms with Crippen LogP contribution >= 0.6 is 11.6 Å². The van der Waals surface area contributed by atoms with Crippen LogP contribution in [-0.4, -0.2) is 35.7 Å². The lowest BCUT2D eigenvalue weighted by molar-refractivity contribution is -0.145. The molecule has 0 amide bonds. The molecule has 1 aliphatic rings. The summed E-state index contributed by atoms with van der Waals surface area (Å²) in [4.78, 5) is 13.6. The Morgan fingerprint density at radius 2 is 1.93 bits per heavy atom. The predicted octanol–water partition coefficient (Wildman–Crippen LogP) is 5.40. The molecule has 4 nitrogen and oxygen atoms in total. The van der Waals surface area contributed by atoms with Crippen molar-refractivity contribution in [3.63, 3.8) is 0 Å². The molecular weight excluding hydrogens is 407 g/mol. The Morgan fingerprint density at radius 3 is 2.59 bits per heavy atom. The second kappa shape index (κ2) is 8.63. The van der Waals surface area contributed by atoms with Gasteiger partial charge in [-0.3, -0.25) is 9.69 Å². The molecule has 0 aromatic heterocycles. The fourth-order valence-corrected chi connectivity index (χ4v) is 4.10. The zero-order valence-corrected chi connectivity index (χ0v) is 16.5. The maximum absolute atomic E-state index is 13.4. The smallest absolute Gasteiger partial charge is 0.416 e. The van der Waals surface area contributed by atoms with Gasteiger partial charge in [-0.05, 0) is 49.2 Å². The van der Waals surface area contributed by atoms with E-state index in [1.54, 1.807) is 29.2 Å². The minimum absolute atomic E-state index is 0.142. The summed E-state index contributed by atoms with van der Waals surface area (Å²) in [6.45, 7) is 0.423. The first-order valence-corrected chi connectivity index (χ1v) is 9.60. The van der Waals surface area contributed by atoms with Gasteiger partial charge in [-0.2, -0.15) is 13.2 Å². The number of hydrogen-bond acceptors (Lipinski definition) is 3. The molecule has 1 saturated heterocycles. The summed E-state index contributed by atoms with van der Waals surface area (Å²) in [5.74, 6) is -0.548. The van der Waals surface area contributed by atoms with Crippen molar-refractivity contribution >= 4 is 17.6 Å². The Balaban J connectivity index is 2.22. The molecule has 0 saturated carbocycles. The minimum atomic E-state index is -4.54. The second-order valence-electron chi connectivity index (χ2n) is 6.97. The number of hydrogen-bond donors (Lipinski definition) is 1. The van der Waals surface area contributed by atoms with Gasteiger partial charge in [0.1, 0.15) is 11.8 Å². The summed E-state index contributed by atoms with van der Waals surface area (Å²) in [7, 11) is 1.47. The van der Waals surface area contributed by atoms with Crippen molar-refractivity contribution in [3.8, 4) is 5.75 Å². The Kier molecular flexibility index (Phi) is 6.39. The molecule has 1 fully saturated rings. The van der Waals surface area contributed by atoms with Crippen molar-refractivity contribution in [1.82, 2.24) is 4.90 Å². The van der Waals surface area contributed by atoms with Crippen LogP contribution in [0.2, 0.25) is 5.02 Å². The molecule has 3 rings (SSSR count). The Morgan fingerprint density at radius 1 is 1.21 bits per heavy atom. The molecule has 0 bridgehead atoms. The average Bonchev–Trinajstić information content (AvgIpc) is 2.69. The maximum atomic E-state index is 13.4. The van der Waals surface area contributed by atoms with E-state index in [0.717, 1.165) is 25.0 Å². The summed E-state index contributed by atoms with van der Waals surface area (Å²) in [5.41, 5.74) is -0.0517. The number of halogens is 4. The molecule has 1 N–H and O–H groups in total. The molecule has 0 spiro atoms. The van der Waals surface area contributed by atoms with Gasteiger partial charge in [0.25, 0.3) is 0 Å². The monoisotopic (exact) mass is 427 g/mol. The quantitative estimate of drug-likeness (QED) is 0.694. The summed E-state index contributed by atoms with van der Waals surface area (Å²) >= 11 is 6.35. The van der Waals surface area contributed by atoms with Crippen molar-refractivity contribution in [2.45, 2.75) is 37.5 Å². The Labute approximate surface area is 171 Å². The van der Waals surface area contributed by atoms with Crippen molar-refractivity contribution < 1.29 is 27.8 Å². The lowest BCUT2D eigenvalue weighted by atomic mass is 9.90. The van der Waals surface area contributed by atoms with Gasteiger partial charge in [-0.25, -0.2) is 0 Å². The van der Waals surface area contributed by atoms with Gasteiger partial charge in [0.15, 0.2) is 0 Å². The molecule has 156 valence electrons. The normalized spacial score (nSPS) is 19.0. The van der Waals surface area contributed by atoms with Crippen molar-refractivity contribution in [2.75, 3.05) is 13.7 Å². The van der Waals surface area contributed by atoms with E-state index in [9.17, 15) is 23.1 Å². The molecule has 2 aromatic rings. The van der Waals surface area contributed by atoms with Gasteiger partial charge >= 0.3 is 12.1 Å². The number of nitrogens with zero attached hydrogens (tertiary/aromatic N) is 1. The van der Waals surface area contributed by atoms with Gasteiger partial charge < -0.3 is 9.84 Å². The van der Waals surface area contributed by atoms with E-state index < -0.39 is 29.8 Å². The fraction of sp³-hybridized carbons (Fsp3) is 0.381. The van der Waals surface area contributed by atoms with Crippen LogP contribution in [0.15, 0.2) is 42.5 Å². The number of piperidine rings is 1. The topological polar surface area (TPSA) is 49.8 Å². The first kappa shape index (κ1) is 21.5. The molecule has 1 aliphatic heterocycles. The van der Waals surface area contributed by atoms with Gasteiger partial charge in [-0.15, -0.1) is 0 Å². The lowest BCUT2D eigenvalue weighted by Gasteiger charge is -2.40. The number of benzene rings is 2. The molecular formula is C21H21ClF3NO3. The first-order valence-electron chi connectivity index (χ1n) is 9.22. The fourth-order valence-electron chi connectivity index (χ4n) is 3.87. The standard InChI is InChI=1S/C21H21ClF3NO3/c1-29-18-8-3-2-6-14(18)19(26-11-5-4-7-17(26)20(27)28)15-12-13(21(23,24)25)9-10-16(15)22/h2-3,6,8-10,12,17,19H,4-5,7,11H2,1H3,(H,27,28). The van der Waals surface area contributed by atoms with E-state index in [-0.39, 0.29) is 10.6 Å². The highest BCUT2D eigenvalue weighted by Crippen LogP contribution is 2.42. The van der Waals surface area contributed by atoms with Crippen molar-refractivity contribution in [2.24, 2.45) is 0 Å². The van der Waals surface area contributed by atoms with Crippen LogP contribution in [0.3, 0.4) is 0 Å². The van der Waals surface area contributed by atoms with Crippen LogP contribution in [0.5, 0.6) is 5.75 Å². The first-order chi connectivity index (χ1) is 13.7. The Bertz CT molecular complexity index is 888. The van der Waals surface area contributed by atoms with E-state index >= 15 is 0 Å². The predicted molar refractivity (Wildman–Crippen MR) is 103 cm³/mol. The van der Waals surface area contributed by atoms with E-state index in [2.05, 4.69) is 0 Å². The number of likely N-dealkylation sites (tertiary alicyclic amines) is 1. The summed E-state index contributed by atoms with van der Waals surface area (Å²) in [6, 6.07) is 8.44. The number of methoxy groups -OCH3 is 1. The number of carboxylic acid groups (broad SMARTS) is 1. The molecule has 2 atom stereocenters. The van der Waals surface area contributed by atoms with Crippen molar-refractivity contribution in [1.29, 1.82) is 0 Å². The lowest BCUT2D eigenvalue weighted by Crippen LogP contribution is -2.47. The SMILES string of the molecule is COc1ccccc1C(c1cc(C(F)(F)F)ccc1Cl)N1CCCCC1C(=O)O. The second-order valence-corrected chi connectivity index (χ2v) is 7.37. The van der Waals surface area contributed by atoms with E-state index in [1.165, 1.54) is 13.2 Å². The number of alkyl halides is 3. The zero-order valence-electron chi connectivity index (χ0n) is 15.7. The van der Waals surface area contributed by atoms with Gasteiger partial charge in [0, 0.05) is 10.6 Å². The van der Waals surface area contributed by atoms with Crippen LogP contribution in [-0.2, 0) is 11.0 Å². The van der Waals surface area contributed by atoms with E-state index in [0.29, 0.717) is 24.3 Å². The van der Waals surface area contributed by atoms with E-state index in [1.807, 2.05) is 0 Å². The third kappa shape index (κ3) is 4.51. The van der Waals surface area contributed by atoms with E-state index in [4.69, 9.17) is 16.3 Å². The number of carboxylic acids is 1. The number of ether oxygens (including phenoxy) is 1. The highest BCUT2D eigenvalue weighted by Gasteiger charge is 2.38. The summed E-state index contributed by atoms with van der Waals surface area (Å²) < 4.78 is 45.6. The largest absolute Gasteiger partial charge is 0.496 e. The minimum Gasteiger partial charge on any atom is -0.496 e. The number of aliphatic carboxylic acids is 1. The van der Waals surface area contributed by atoms with Crippen LogP contribution in [0, 0.1) is 0 Å². The van der Waals surface area contributed by atoms with Crippen molar-refractivity contribution in [3.05, 3.63) is 64.2 Å². The highest BCUT2D eigenvalue weighted by molar-refractivity contribution is 6.31. The average molecular weight is 428 g/mol. The number of para-hydroxylation sites is 1. The highest BCUT2D eigenvalue weighted by atomic mass is 35.5. The van der Waals surface area contributed by atoms with Crippen LogP contribution in [0.25, 0.3) is 0 Å². The molecule has 2 unspecified atom stereocenters. The third-order valence-electron chi connectivity index (χ3n) is 5.21. The molecule has 0 aliphatic carbocycles. The molecule has 8 heteroatoms. The number of carbonyl (C=O) groups is 1. The van der Waals surface area contributed by atoms with Gasteiger partial charge in [-0.1, -0.05) is 36.2 Å².